The van der Waals surface area contributed by atoms with Crippen molar-refractivity contribution in [1.82, 2.24) is 24.3 Å². The molecule has 0 saturated heterocycles. The summed E-state index contributed by atoms with van der Waals surface area (Å²) in [5.74, 6) is 1.23. The molecule has 1 fully saturated rings. The number of hydrogen-bond acceptors (Lipinski definition) is 6. The molecule has 4 rings (SSSR count). The van der Waals surface area contributed by atoms with Crippen LogP contribution in [0.4, 0.5) is 11.6 Å². The van der Waals surface area contributed by atoms with Crippen molar-refractivity contribution in [3.05, 3.63) is 34.5 Å². The Morgan fingerprint density at radius 2 is 2.12 bits per heavy atom. The van der Waals surface area contributed by atoms with Crippen molar-refractivity contribution < 1.29 is 4.74 Å². The van der Waals surface area contributed by atoms with Gasteiger partial charge in [-0.3, -0.25) is 9.89 Å². The second-order valence-electron chi connectivity index (χ2n) is 8.19. The van der Waals surface area contributed by atoms with Gasteiger partial charge >= 0.3 is 0 Å². The van der Waals surface area contributed by atoms with Gasteiger partial charge in [-0.1, -0.05) is 26.2 Å². The van der Waals surface area contributed by atoms with Gasteiger partial charge in [0, 0.05) is 24.9 Å². The summed E-state index contributed by atoms with van der Waals surface area (Å²) in [5.41, 5.74) is 0.591. The Hall–Kier alpha value is -2.93. The first-order valence-electron chi connectivity index (χ1n) is 10.4. The smallest absolute Gasteiger partial charge is 0.287 e. The minimum Gasteiger partial charge on any atom is -0.383 e. The van der Waals surface area contributed by atoms with E-state index in [1.54, 1.807) is 23.9 Å². The molecule has 0 aliphatic heterocycles. The van der Waals surface area contributed by atoms with E-state index in [0.717, 1.165) is 10.6 Å². The second kappa shape index (κ2) is 9.69. The van der Waals surface area contributed by atoms with Gasteiger partial charge in [0.1, 0.15) is 23.1 Å². The van der Waals surface area contributed by atoms with Gasteiger partial charge in [-0.05, 0) is 24.1 Å². The van der Waals surface area contributed by atoms with Crippen molar-refractivity contribution in [3.8, 4) is 6.07 Å². The van der Waals surface area contributed by atoms with Crippen LogP contribution in [0.2, 0.25) is 0 Å². The summed E-state index contributed by atoms with van der Waals surface area (Å²) in [4.78, 5) is 20.6. The zero-order chi connectivity index (χ0) is 23.5. The molecule has 1 aliphatic carbocycles. The molecule has 6 radical (unpaired) electrons. The number of aromatic nitrogens is 5. The van der Waals surface area contributed by atoms with Crippen molar-refractivity contribution in [1.29, 1.82) is 5.26 Å². The minimum absolute atomic E-state index is 0.114. The normalized spacial score (nSPS) is 14.8. The van der Waals surface area contributed by atoms with E-state index in [9.17, 15) is 10.1 Å². The van der Waals surface area contributed by atoms with E-state index < -0.39 is 10.8 Å². The lowest BCUT2D eigenvalue weighted by Crippen LogP contribution is -2.36. The first-order chi connectivity index (χ1) is 15.1. The highest BCUT2D eigenvalue weighted by Gasteiger charge is 2.18. The Bertz CT molecular complexity index is 1170. The third-order valence-corrected chi connectivity index (χ3v) is 5.32. The molecule has 1 saturated carbocycles. The van der Waals surface area contributed by atoms with Crippen LogP contribution in [0.5, 0.6) is 0 Å². The Labute approximate surface area is 190 Å². The van der Waals surface area contributed by atoms with Crippen LogP contribution in [0, 0.1) is 17.2 Å². The average molecular weight is 427 g/mol. The second-order valence-corrected chi connectivity index (χ2v) is 8.19. The highest BCUT2D eigenvalue weighted by molar-refractivity contribution is 6.56. The topological polar surface area (TPSA) is 114 Å². The number of nitrogens with zero attached hydrogens (tertiary/aromatic N) is 5. The lowest BCUT2D eigenvalue weighted by Gasteiger charge is -2.21. The van der Waals surface area contributed by atoms with Crippen LogP contribution in [-0.2, 0) is 9.97 Å². The van der Waals surface area contributed by atoms with E-state index in [-0.39, 0.29) is 17.7 Å². The van der Waals surface area contributed by atoms with E-state index in [1.807, 2.05) is 6.92 Å². The third kappa shape index (κ3) is 5.27. The number of nitriles is 1. The van der Waals surface area contributed by atoms with Crippen LogP contribution in [0.3, 0.4) is 0 Å². The Balaban J connectivity index is 0.000000509. The van der Waals surface area contributed by atoms with E-state index in [2.05, 4.69) is 33.4 Å². The number of rotatable bonds is 6. The largest absolute Gasteiger partial charge is 0.383 e. The number of ether oxygens (including phenoxy) is 1. The molecule has 0 amide bonds. The summed E-state index contributed by atoms with van der Waals surface area (Å²) in [6.07, 6.45) is 7.34. The summed E-state index contributed by atoms with van der Waals surface area (Å²) >= 11 is 0. The molecule has 0 aromatic carbocycles. The van der Waals surface area contributed by atoms with Crippen LogP contribution >= 0.6 is 0 Å². The lowest BCUT2D eigenvalue weighted by atomic mass is 9.49. The number of methoxy groups -OCH3 is 1. The molecule has 3 aromatic rings. The van der Waals surface area contributed by atoms with Crippen molar-refractivity contribution in [3.63, 3.8) is 0 Å². The number of nitrogens with one attached hydrogen (secondary N) is 2. The number of anilines is 2. The SMILES string of the molecule is CC1CCC1.[B]C([B])([B])n1cc(Nc2ncc3cc(C#N)n([C@@H](C)COC)c3n2)c(=O)[nH]1. The number of aromatic amines is 1. The van der Waals surface area contributed by atoms with Crippen LogP contribution in [0.1, 0.15) is 44.8 Å². The molecule has 0 spiro atoms. The third-order valence-electron chi connectivity index (χ3n) is 5.32. The molecule has 2 N–H and O–H groups in total. The fourth-order valence-electron chi connectivity index (χ4n) is 3.34. The highest BCUT2D eigenvalue weighted by Crippen LogP contribution is 2.25. The van der Waals surface area contributed by atoms with Crippen molar-refractivity contribution in [2.75, 3.05) is 19.0 Å². The van der Waals surface area contributed by atoms with Gasteiger partial charge in [-0.2, -0.15) is 10.2 Å². The summed E-state index contributed by atoms with van der Waals surface area (Å²) in [7, 11) is 18.2. The van der Waals surface area contributed by atoms with E-state index in [4.69, 9.17) is 28.3 Å². The summed E-state index contributed by atoms with van der Waals surface area (Å²) in [5, 5.41) is 13.5. The van der Waals surface area contributed by atoms with Gasteiger partial charge in [0.2, 0.25) is 5.95 Å². The molecule has 3 heterocycles. The molecule has 160 valence electrons. The molecule has 9 nitrogen and oxygen atoms in total. The fraction of sp³-hybridized carbons (Fsp3) is 0.500. The lowest BCUT2D eigenvalue weighted by molar-refractivity contribution is 0.163. The molecule has 0 unspecified atom stereocenters. The standard InChI is InChI=1S/C15H14B3N7O2.C5H10/c1-8(7-27-2)25-10(4-19)3-9-5-20-14(22-12(9)25)21-11-6-24(15(16,17)18)23-13(11)26;1-5-3-2-4-5/h3,5-6,8H,7H2,1-2H3,(H,23,26)(H,20,21,22);5H,2-4H2,1H3/t8-;/m0./s1. The van der Waals surface area contributed by atoms with Crippen LogP contribution in [-0.4, -0.2) is 61.6 Å². The van der Waals surface area contributed by atoms with Crippen LogP contribution in [0.25, 0.3) is 11.0 Å². The fourth-order valence-corrected chi connectivity index (χ4v) is 3.34. The predicted molar refractivity (Wildman–Crippen MR) is 125 cm³/mol. The zero-order valence-corrected chi connectivity index (χ0v) is 18.5. The highest BCUT2D eigenvalue weighted by atomic mass is 16.5. The molecule has 3 aromatic heterocycles. The van der Waals surface area contributed by atoms with E-state index in [0.29, 0.717) is 23.3 Å². The van der Waals surface area contributed by atoms with Gasteiger partial charge in [-0.15, -0.1) is 0 Å². The molecule has 12 heteroatoms. The quantitative estimate of drug-likeness (QED) is 0.579. The van der Waals surface area contributed by atoms with Gasteiger partial charge < -0.3 is 19.3 Å². The van der Waals surface area contributed by atoms with Crippen molar-refractivity contribution >= 4 is 46.2 Å². The molecule has 32 heavy (non-hydrogen) atoms. The first kappa shape index (κ1) is 23.7. The summed E-state index contributed by atoms with van der Waals surface area (Å²) < 4.78 is 8.00. The van der Waals surface area contributed by atoms with Gasteiger partial charge in [0.25, 0.3) is 5.56 Å². The molecular formula is C20H24B3N7O2. The number of H-pyrrole nitrogens is 1. The Kier molecular flexibility index (Phi) is 7.19. The maximum absolute atomic E-state index is 12.0. The van der Waals surface area contributed by atoms with Gasteiger partial charge in [0.05, 0.1) is 36.2 Å². The molecular weight excluding hydrogens is 403 g/mol. The molecule has 1 atom stereocenters. The summed E-state index contributed by atoms with van der Waals surface area (Å²) in [6, 6.07) is 3.71. The molecule has 0 bridgehead atoms. The Morgan fingerprint density at radius 3 is 2.62 bits per heavy atom. The monoisotopic (exact) mass is 427 g/mol. The van der Waals surface area contributed by atoms with Crippen LogP contribution in [0.15, 0.2) is 23.3 Å². The number of hydrogen-bond donors (Lipinski definition) is 2. The first-order valence-corrected chi connectivity index (χ1v) is 10.4. The Morgan fingerprint density at radius 1 is 1.44 bits per heavy atom. The maximum Gasteiger partial charge on any atom is 0.287 e. The van der Waals surface area contributed by atoms with E-state index in [1.165, 1.54) is 25.5 Å². The average Bonchev–Trinajstić information content (AvgIpc) is 3.27. The van der Waals surface area contributed by atoms with E-state index >= 15 is 0 Å². The summed E-state index contributed by atoms with van der Waals surface area (Å²) in [6.45, 7) is 4.62. The van der Waals surface area contributed by atoms with Gasteiger partial charge in [-0.25, -0.2) is 4.98 Å². The predicted octanol–water partition coefficient (Wildman–Crippen LogP) is 1.62. The molecule has 1 aliphatic rings. The van der Waals surface area contributed by atoms with Gasteiger partial charge in [0.15, 0.2) is 0 Å². The number of fused-ring (bicyclic) bond motifs is 1. The zero-order valence-electron chi connectivity index (χ0n) is 18.5. The maximum atomic E-state index is 12.0. The van der Waals surface area contributed by atoms with Crippen molar-refractivity contribution in [2.24, 2.45) is 5.92 Å². The minimum atomic E-state index is -1.75. The van der Waals surface area contributed by atoms with Crippen molar-refractivity contribution in [2.45, 2.75) is 44.4 Å². The van der Waals surface area contributed by atoms with Crippen LogP contribution < -0.4 is 10.9 Å².